The molecule has 2 fully saturated rings. The van der Waals surface area contributed by atoms with E-state index in [9.17, 15) is 9.18 Å². The summed E-state index contributed by atoms with van der Waals surface area (Å²) in [6, 6.07) is 0. The number of anilines is 2. The first-order chi connectivity index (χ1) is 12.6. The van der Waals surface area contributed by atoms with Crippen molar-refractivity contribution in [3.8, 4) is 0 Å². The van der Waals surface area contributed by atoms with Crippen LogP contribution >= 0.6 is 0 Å². The number of carbonyl (C=O) groups is 1. The van der Waals surface area contributed by atoms with Gasteiger partial charge in [-0.15, -0.1) is 0 Å². The van der Waals surface area contributed by atoms with E-state index in [1.165, 1.54) is 6.20 Å². The molecule has 1 N–H and O–H groups in total. The maximum absolute atomic E-state index is 13.7. The van der Waals surface area contributed by atoms with Gasteiger partial charge in [-0.2, -0.15) is 4.98 Å². The third-order valence-electron chi connectivity index (χ3n) is 5.44. The summed E-state index contributed by atoms with van der Waals surface area (Å²) < 4.78 is 18.8. The van der Waals surface area contributed by atoms with Crippen LogP contribution in [0.1, 0.15) is 32.1 Å². The van der Waals surface area contributed by atoms with Crippen LogP contribution in [-0.2, 0) is 9.53 Å². The minimum atomic E-state index is -0.449. The summed E-state index contributed by atoms with van der Waals surface area (Å²) >= 11 is 0. The normalized spacial score (nSPS) is 23.6. The number of methoxy groups -OCH3 is 1. The molecule has 0 saturated carbocycles. The summed E-state index contributed by atoms with van der Waals surface area (Å²) in [6.45, 7) is 3.83. The number of ether oxygens (including phenoxy) is 1. The van der Waals surface area contributed by atoms with Gasteiger partial charge in [-0.25, -0.2) is 9.37 Å². The van der Waals surface area contributed by atoms with Crippen molar-refractivity contribution >= 4 is 17.7 Å². The van der Waals surface area contributed by atoms with Gasteiger partial charge in [0.05, 0.1) is 6.20 Å². The number of aromatic nitrogens is 2. The van der Waals surface area contributed by atoms with Crippen molar-refractivity contribution in [2.75, 3.05) is 57.2 Å². The first-order valence-corrected chi connectivity index (χ1v) is 9.29. The van der Waals surface area contributed by atoms with Gasteiger partial charge in [-0.1, -0.05) is 0 Å². The number of nitrogens with one attached hydrogen (secondary N) is 1. The van der Waals surface area contributed by atoms with Gasteiger partial charge in [0.2, 0.25) is 11.9 Å². The summed E-state index contributed by atoms with van der Waals surface area (Å²) in [4.78, 5) is 24.9. The molecule has 0 aromatic carbocycles. The summed E-state index contributed by atoms with van der Waals surface area (Å²) in [5.74, 6) is 0.558. The molecule has 0 aliphatic carbocycles. The molecule has 3 heterocycles. The second-order valence-corrected chi connectivity index (χ2v) is 7.30. The lowest BCUT2D eigenvalue weighted by Crippen LogP contribution is -2.54. The second-order valence-electron chi connectivity index (χ2n) is 7.30. The lowest BCUT2D eigenvalue weighted by Gasteiger charge is -2.48. The lowest BCUT2D eigenvalue weighted by atomic mass is 9.73. The quantitative estimate of drug-likeness (QED) is 0.777. The first-order valence-electron chi connectivity index (χ1n) is 9.29. The Labute approximate surface area is 153 Å². The van der Waals surface area contributed by atoms with Crippen LogP contribution in [0.4, 0.5) is 16.2 Å². The van der Waals surface area contributed by atoms with E-state index in [1.54, 1.807) is 14.2 Å². The third kappa shape index (κ3) is 4.06. The van der Waals surface area contributed by atoms with E-state index in [4.69, 9.17) is 4.74 Å². The van der Waals surface area contributed by atoms with E-state index in [1.807, 2.05) is 4.90 Å². The predicted octanol–water partition coefficient (Wildman–Crippen LogP) is 1.90. The zero-order valence-electron chi connectivity index (χ0n) is 15.6. The number of carbonyl (C=O) groups excluding carboxylic acids is 1. The third-order valence-corrected chi connectivity index (χ3v) is 5.44. The molecule has 1 aromatic heterocycles. The lowest BCUT2D eigenvalue weighted by molar-refractivity contribution is -0.138. The van der Waals surface area contributed by atoms with E-state index >= 15 is 0 Å². The highest BCUT2D eigenvalue weighted by molar-refractivity contribution is 5.77. The summed E-state index contributed by atoms with van der Waals surface area (Å²) in [7, 11) is 3.33. The van der Waals surface area contributed by atoms with E-state index in [2.05, 4.69) is 20.2 Å². The van der Waals surface area contributed by atoms with Gasteiger partial charge in [0.1, 0.15) is 0 Å². The Bertz CT molecular complexity index is 644. The average Bonchev–Trinajstić information content (AvgIpc) is 2.65. The van der Waals surface area contributed by atoms with E-state index in [0.29, 0.717) is 19.0 Å². The molecule has 1 amide bonds. The average molecular weight is 365 g/mol. The highest BCUT2D eigenvalue weighted by atomic mass is 19.1. The minimum absolute atomic E-state index is 0.0663. The Morgan fingerprint density at radius 1 is 1.38 bits per heavy atom. The fraction of sp³-hybridized carbons (Fsp3) is 0.722. The van der Waals surface area contributed by atoms with Crippen molar-refractivity contribution in [2.24, 2.45) is 5.41 Å². The van der Waals surface area contributed by atoms with Crippen LogP contribution in [0.25, 0.3) is 0 Å². The van der Waals surface area contributed by atoms with Crippen LogP contribution in [0.15, 0.2) is 6.20 Å². The maximum Gasteiger partial charge on any atom is 0.227 e. The second kappa shape index (κ2) is 8.16. The molecule has 0 unspecified atom stereocenters. The number of amides is 1. The smallest absolute Gasteiger partial charge is 0.227 e. The number of piperidine rings is 2. The monoisotopic (exact) mass is 365 g/mol. The Hall–Kier alpha value is -1.96. The van der Waals surface area contributed by atoms with Crippen molar-refractivity contribution < 1.29 is 13.9 Å². The molecule has 2 aliphatic heterocycles. The molecular weight excluding hydrogens is 337 g/mol. The zero-order valence-corrected chi connectivity index (χ0v) is 15.6. The summed E-state index contributed by atoms with van der Waals surface area (Å²) in [5, 5.41) is 2.77. The fourth-order valence-corrected chi connectivity index (χ4v) is 4.10. The minimum Gasteiger partial charge on any atom is -0.385 e. The standard InChI is InChI=1S/C18H28FN5O2/c1-20-16-14(19)11-21-17(22-16)24-8-3-6-18(13-24)7-5-15(25)23(12-18)9-4-10-26-2/h11H,3-10,12-13H2,1-2H3,(H,20,21,22)/t18-/m1/s1. The van der Waals surface area contributed by atoms with E-state index in [-0.39, 0.29) is 17.1 Å². The topological polar surface area (TPSA) is 70.6 Å². The number of nitrogens with zero attached hydrogens (tertiary/aromatic N) is 4. The Morgan fingerprint density at radius 3 is 3.00 bits per heavy atom. The van der Waals surface area contributed by atoms with Crippen LogP contribution in [0.2, 0.25) is 0 Å². The molecule has 0 radical (unpaired) electrons. The summed E-state index contributed by atoms with van der Waals surface area (Å²) in [6.07, 6.45) is 5.68. The van der Waals surface area contributed by atoms with Gasteiger partial charge in [0.25, 0.3) is 0 Å². The van der Waals surface area contributed by atoms with E-state index < -0.39 is 5.82 Å². The van der Waals surface area contributed by atoms with Gasteiger partial charge in [-0.3, -0.25) is 4.79 Å². The largest absolute Gasteiger partial charge is 0.385 e. The van der Waals surface area contributed by atoms with Crippen molar-refractivity contribution in [2.45, 2.75) is 32.1 Å². The highest BCUT2D eigenvalue weighted by Crippen LogP contribution is 2.39. The van der Waals surface area contributed by atoms with Crippen LogP contribution in [-0.4, -0.2) is 67.7 Å². The number of rotatable bonds is 6. The van der Waals surface area contributed by atoms with Crippen molar-refractivity contribution in [3.63, 3.8) is 0 Å². The molecule has 0 bridgehead atoms. The number of halogens is 1. The molecule has 26 heavy (non-hydrogen) atoms. The van der Waals surface area contributed by atoms with Gasteiger partial charge >= 0.3 is 0 Å². The van der Waals surface area contributed by atoms with E-state index in [0.717, 1.165) is 51.9 Å². The SMILES string of the molecule is CNc1nc(N2CCC[C@]3(CCC(=O)N(CCCOC)C3)C2)ncc1F. The number of hydrogen-bond donors (Lipinski definition) is 1. The van der Waals surface area contributed by atoms with Crippen LogP contribution in [0, 0.1) is 11.2 Å². The zero-order chi connectivity index (χ0) is 18.6. The van der Waals surface area contributed by atoms with Crippen LogP contribution in [0.5, 0.6) is 0 Å². The molecular formula is C18H28FN5O2. The molecule has 7 nitrogen and oxygen atoms in total. The molecule has 1 aromatic rings. The van der Waals surface area contributed by atoms with Gasteiger partial charge in [0.15, 0.2) is 11.6 Å². The molecule has 1 spiro atoms. The first kappa shape index (κ1) is 18.8. The number of likely N-dealkylation sites (tertiary alicyclic amines) is 1. The molecule has 3 rings (SSSR count). The highest BCUT2D eigenvalue weighted by Gasteiger charge is 2.42. The van der Waals surface area contributed by atoms with Gasteiger partial charge in [0, 0.05) is 58.8 Å². The predicted molar refractivity (Wildman–Crippen MR) is 97.7 cm³/mol. The summed E-state index contributed by atoms with van der Waals surface area (Å²) in [5.41, 5.74) is 0.0663. The van der Waals surface area contributed by atoms with Crippen molar-refractivity contribution in [1.29, 1.82) is 0 Å². The molecule has 1 atom stereocenters. The Balaban J connectivity index is 1.71. The van der Waals surface area contributed by atoms with Crippen molar-refractivity contribution in [3.05, 3.63) is 12.0 Å². The fourth-order valence-electron chi connectivity index (χ4n) is 4.10. The Kier molecular flexibility index (Phi) is 5.90. The van der Waals surface area contributed by atoms with Crippen LogP contribution in [0.3, 0.4) is 0 Å². The van der Waals surface area contributed by atoms with Gasteiger partial charge in [-0.05, 0) is 25.7 Å². The molecule has 2 saturated heterocycles. The van der Waals surface area contributed by atoms with Gasteiger partial charge < -0.3 is 19.9 Å². The molecule has 2 aliphatic rings. The number of hydrogen-bond acceptors (Lipinski definition) is 6. The van der Waals surface area contributed by atoms with Crippen LogP contribution < -0.4 is 10.2 Å². The molecule has 144 valence electrons. The maximum atomic E-state index is 13.7. The Morgan fingerprint density at radius 2 is 2.23 bits per heavy atom. The van der Waals surface area contributed by atoms with Crippen molar-refractivity contribution in [1.82, 2.24) is 14.9 Å². The molecule has 8 heteroatoms.